The number of carbonyl (C=O) groups is 1. The fourth-order valence-electron chi connectivity index (χ4n) is 1.04. The predicted octanol–water partition coefficient (Wildman–Crippen LogP) is 3.17. The van der Waals surface area contributed by atoms with Crippen molar-refractivity contribution in [2.45, 2.75) is 6.43 Å². The molecular formula is C8H5BrClF2NO2. The molecule has 0 aromatic carbocycles. The van der Waals surface area contributed by atoms with Crippen molar-refractivity contribution in [3.8, 4) is 5.75 Å². The summed E-state index contributed by atoms with van der Waals surface area (Å²) in [6, 6.07) is 0. The molecule has 7 heteroatoms. The molecule has 0 spiro atoms. The van der Waals surface area contributed by atoms with Crippen molar-refractivity contribution in [3.05, 3.63) is 21.9 Å². The number of hydrogen-bond donors (Lipinski definition) is 0. The third kappa shape index (κ3) is 2.43. The van der Waals surface area contributed by atoms with Crippen LogP contribution in [0.15, 0.2) is 10.7 Å². The Kier molecular flexibility index (Phi) is 3.98. The molecule has 0 bridgehead atoms. The van der Waals surface area contributed by atoms with Crippen LogP contribution in [0.4, 0.5) is 8.78 Å². The molecule has 0 aliphatic heterocycles. The lowest BCUT2D eigenvalue weighted by Crippen LogP contribution is -2.05. The highest BCUT2D eigenvalue weighted by Crippen LogP contribution is 2.34. The van der Waals surface area contributed by atoms with E-state index in [9.17, 15) is 13.6 Å². The van der Waals surface area contributed by atoms with E-state index in [0.717, 1.165) is 6.20 Å². The van der Waals surface area contributed by atoms with Crippen molar-refractivity contribution >= 4 is 32.8 Å². The Labute approximate surface area is 97.5 Å². The van der Waals surface area contributed by atoms with Gasteiger partial charge in [-0.3, -0.25) is 9.78 Å². The monoisotopic (exact) mass is 299 g/mol. The summed E-state index contributed by atoms with van der Waals surface area (Å²) in [4.78, 5) is 14.4. The predicted molar refractivity (Wildman–Crippen MR) is 53.6 cm³/mol. The number of halogens is 4. The van der Waals surface area contributed by atoms with E-state index < -0.39 is 22.9 Å². The summed E-state index contributed by atoms with van der Waals surface area (Å²) in [5, 5.41) is -1.03. The summed E-state index contributed by atoms with van der Waals surface area (Å²) in [6.07, 6.45) is -1.76. The zero-order chi connectivity index (χ0) is 11.6. The number of pyridine rings is 1. The zero-order valence-electron chi connectivity index (χ0n) is 7.43. The molecule has 0 fully saturated rings. The summed E-state index contributed by atoms with van der Waals surface area (Å²) >= 11 is 8.21. The van der Waals surface area contributed by atoms with Gasteiger partial charge in [0, 0.05) is 6.20 Å². The van der Waals surface area contributed by atoms with Gasteiger partial charge in [-0.15, -0.1) is 0 Å². The number of nitrogens with zero attached hydrogens (tertiary/aromatic N) is 1. The molecular weight excluding hydrogens is 295 g/mol. The molecule has 0 saturated carbocycles. The topological polar surface area (TPSA) is 39.2 Å². The standard InChI is InChI=1S/C8H5BrClF2NO2/c1-15-6-3(9)2-13-5(8(11)12)4(6)7(10)14/h2,8H,1H3. The third-order valence-corrected chi connectivity index (χ3v) is 2.38. The van der Waals surface area contributed by atoms with Gasteiger partial charge in [0.2, 0.25) is 0 Å². The minimum Gasteiger partial charge on any atom is -0.495 e. The molecule has 82 valence electrons. The van der Waals surface area contributed by atoms with E-state index in [1.165, 1.54) is 7.11 Å². The highest BCUT2D eigenvalue weighted by Gasteiger charge is 2.25. The Morgan fingerprint density at radius 1 is 1.67 bits per heavy atom. The Bertz CT molecular complexity index is 400. The van der Waals surface area contributed by atoms with Gasteiger partial charge < -0.3 is 4.74 Å². The quantitative estimate of drug-likeness (QED) is 0.805. The van der Waals surface area contributed by atoms with Gasteiger partial charge in [0.25, 0.3) is 11.7 Å². The second kappa shape index (κ2) is 4.85. The van der Waals surface area contributed by atoms with Crippen LogP contribution in [0.5, 0.6) is 5.75 Å². The van der Waals surface area contributed by atoms with Crippen LogP contribution < -0.4 is 4.74 Å². The van der Waals surface area contributed by atoms with Crippen LogP contribution in [0.2, 0.25) is 0 Å². The summed E-state index contributed by atoms with van der Waals surface area (Å²) < 4.78 is 30.1. The van der Waals surface area contributed by atoms with E-state index in [0.29, 0.717) is 4.47 Å². The van der Waals surface area contributed by atoms with Gasteiger partial charge in [-0.1, -0.05) is 0 Å². The molecule has 3 nitrogen and oxygen atoms in total. The average Bonchev–Trinajstić information content (AvgIpc) is 2.16. The molecule has 0 unspecified atom stereocenters. The summed E-state index contributed by atoms with van der Waals surface area (Å²) in [5.74, 6) is -0.0414. The molecule has 1 aromatic rings. The summed E-state index contributed by atoms with van der Waals surface area (Å²) in [7, 11) is 1.25. The number of hydrogen-bond acceptors (Lipinski definition) is 3. The van der Waals surface area contributed by atoms with E-state index >= 15 is 0 Å². The van der Waals surface area contributed by atoms with Crippen molar-refractivity contribution in [2.75, 3.05) is 7.11 Å². The fourth-order valence-corrected chi connectivity index (χ4v) is 1.69. The Morgan fingerprint density at radius 2 is 2.27 bits per heavy atom. The third-order valence-electron chi connectivity index (χ3n) is 1.62. The molecule has 0 aliphatic rings. The highest BCUT2D eigenvalue weighted by molar-refractivity contribution is 9.10. The molecule has 1 aromatic heterocycles. The van der Waals surface area contributed by atoms with Gasteiger partial charge in [0.05, 0.1) is 11.6 Å². The maximum absolute atomic E-state index is 12.5. The molecule has 0 amide bonds. The number of carbonyl (C=O) groups excluding carboxylic acids is 1. The van der Waals surface area contributed by atoms with E-state index in [1.807, 2.05) is 0 Å². The van der Waals surface area contributed by atoms with Crippen LogP contribution in [-0.2, 0) is 0 Å². The van der Waals surface area contributed by atoms with Crippen LogP contribution in [0.25, 0.3) is 0 Å². The van der Waals surface area contributed by atoms with Crippen LogP contribution >= 0.6 is 27.5 Å². The number of ether oxygens (including phenoxy) is 1. The van der Waals surface area contributed by atoms with Gasteiger partial charge in [0.15, 0.2) is 0 Å². The molecule has 1 heterocycles. The second-order valence-electron chi connectivity index (χ2n) is 2.47. The van der Waals surface area contributed by atoms with Gasteiger partial charge in [0.1, 0.15) is 17.0 Å². The van der Waals surface area contributed by atoms with Crippen LogP contribution in [0.3, 0.4) is 0 Å². The first-order valence-electron chi connectivity index (χ1n) is 3.69. The van der Waals surface area contributed by atoms with Crippen LogP contribution in [0.1, 0.15) is 22.5 Å². The molecule has 0 atom stereocenters. The number of methoxy groups -OCH3 is 1. The molecule has 0 N–H and O–H groups in total. The lowest BCUT2D eigenvalue weighted by atomic mass is 10.2. The minimum absolute atomic E-state index is 0.0414. The van der Waals surface area contributed by atoms with Gasteiger partial charge in [-0.2, -0.15) is 0 Å². The minimum atomic E-state index is -2.88. The SMILES string of the molecule is COc1c(Br)cnc(C(F)F)c1C(=O)Cl. The maximum atomic E-state index is 12.5. The fraction of sp³-hybridized carbons (Fsp3) is 0.250. The lowest BCUT2D eigenvalue weighted by molar-refractivity contribution is 0.105. The Balaban J connectivity index is 3.49. The normalized spacial score (nSPS) is 10.5. The second-order valence-corrected chi connectivity index (χ2v) is 3.67. The van der Waals surface area contributed by atoms with E-state index in [2.05, 4.69) is 20.9 Å². The van der Waals surface area contributed by atoms with E-state index in [-0.39, 0.29) is 5.75 Å². The first-order chi connectivity index (χ1) is 6.99. The van der Waals surface area contributed by atoms with E-state index in [4.69, 9.17) is 16.3 Å². The van der Waals surface area contributed by atoms with Gasteiger partial charge >= 0.3 is 0 Å². The zero-order valence-corrected chi connectivity index (χ0v) is 9.77. The van der Waals surface area contributed by atoms with Crippen molar-refractivity contribution < 1.29 is 18.3 Å². The first kappa shape index (κ1) is 12.3. The first-order valence-corrected chi connectivity index (χ1v) is 4.86. The largest absolute Gasteiger partial charge is 0.495 e. The Morgan fingerprint density at radius 3 is 2.67 bits per heavy atom. The molecule has 15 heavy (non-hydrogen) atoms. The van der Waals surface area contributed by atoms with Crippen LogP contribution in [-0.4, -0.2) is 17.3 Å². The number of alkyl halides is 2. The average molecular weight is 300 g/mol. The molecule has 1 rings (SSSR count). The molecule has 0 saturated heterocycles. The molecule has 0 aliphatic carbocycles. The van der Waals surface area contributed by atoms with Crippen LogP contribution in [0, 0.1) is 0 Å². The lowest BCUT2D eigenvalue weighted by Gasteiger charge is -2.10. The van der Waals surface area contributed by atoms with Crippen molar-refractivity contribution in [3.63, 3.8) is 0 Å². The van der Waals surface area contributed by atoms with E-state index in [1.54, 1.807) is 0 Å². The maximum Gasteiger partial charge on any atom is 0.281 e. The van der Waals surface area contributed by atoms with Crippen molar-refractivity contribution in [2.24, 2.45) is 0 Å². The van der Waals surface area contributed by atoms with Gasteiger partial charge in [-0.05, 0) is 27.5 Å². The Hall–Kier alpha value is -0.750. The van der Waals surface area contributed by atoms with Crippen molar-refractivity contribution in [1.29, 1.82) is 0 Å². The van der Waals surface area contributed by atoms with Crippen molar-refractivity contribution in [1.82, 2.24) is 4.98 Å². The number of rotatable bonds is 3. The number of aromatic nitrogens is 1. The highest BCUT2D eigenvalue weighted by atomic mass is 79.9. The molecule has 0 radical (unpaired) electrons. The smallest absolute Gasteiger partial charge is 0.281 e. The van der Waals surface area contributed by atoms with Gasteiger partial charge in [-0.25, -0.2) is 8.78 Å². The summed E-state index contributed by atoms with van der Waals surface area (Å²) in [6.45, 7) is 0. The summed E-state index contributed by atoms with van der Waals surface area (Å²) in [5.41, 5.74) is -1.10.